The Labute approximate surface area is 114 Å². The van der Waals surface area contributed by atoms with Crippen LogP contribution in [0, 0.1) is 5.92 Å². The Balaban J connectivity index is 2.43. The lowest BCUT2D eigenvalue weighted by atomic mass is 10.1. The molecule has 0 saturated heterocycles. The van der Waals surface area contributed by atoms with Crippen molar-refractivity contribution in [2.45, 2.75) is 38.0 Å². The number of hydrogen-bond donors (Lipinski definition) is 1. The lowest BCUT2D eigenvalue weighted by Crippen LogP contribution is -2.24. The van der Waals surface area contributed by atoms with E-state index < -0.39 is 10.0 Å². The van der Waals surface area contributed by atoms with Gasteiger partial charge in [-0.25, -0.2) is 18.1 Å². The third kappa shape index (κ3) is 5.33. The average Bonchev–Trinajstić information content (AvgIpc) is 2.28. The van der Waals surface area contributed by atoms with Gasteiger partial charge in [-0.2, -0.15) is 0 Å². The van der Waals surface area contributed by atoms with Crippen molar-refractivity contribution in [1.29, 1.82) is 0 Å². The van der Waals surface area contributed by atoms with Gasteiger partial charge in [0.05, 0.1) is 0 Å². The molecule has 0 amide bonds. The zero-order valence-corrected chi connectivity index (χ0v) is 12.3. The molecule has 1 heterocycles. The molecule has 0 unspecified atom stereocenters. The maximum atomic E-state index is 11.8. The minimum Gasteiger partial charge on any atom is -0.243 e. The van der Waals surface area contributed by atoms with Crippen molar-refractivity contribution in [2.24, 2.45) is 5.92 Å². The van der Waals surface area contributed by atoms with Crippen molar-refractivity contribution >= 4 is 21.6 Å². The summed E-state index contributed by atoms with van der Waals surface area (Å²) in [6.45, 7) is 4.77. The number of hydrogen-bond acceptors (Lipinski definition) is 3. The normalized spacial score (nSPS) is 12.0. The lowest BCUT2D eigenvalue weighted by molar-refractivity contribution is 0.530. The van der Waals surface area contributed by atoms with E-state index in [0.29, 0.717) is 12.5 Å². The van der Waals surface area contributed by atoms with E-state index >= 15 is 0 Å². The van der Waals surface area contributed by atoms with Gasteiger partial charge in [0, 0.05) is 12.7 Å². The highest BCUT2D eigenvalue weighted by molar-refractivity contribution is 7.89. The first-order valence-electron chi connectivity index (χ1n) is 6.03. The Kier molecular flexibility index (Phi) is 6.05. The molecule has 0 aliphatic rings. The number of halogens is 1. The van der Waals surface area contributed by atoms with Crippen LogP contribution in [0.1, 0.15) is 33.1 Å². The predicted octanol–water partition coefficient (Wildman–Crippen LogP) is 2.84. The van der Waals surface area contributed by atoms with E-state index in [-0.39, 0.29) is 10.0 Å². The summed E-state index contributed by atoms with van der Waals surface area (Å²) in [5, 5.41) is 0.283. The second-order valence-electron chi connectivity index (χ2n) is 4.60. The molecule has 102 valence electrons. The molecular formula is C12H19ClN2O2S. The molecular weight excluding hydrogens is 272 g/mol. The fourth-order valence-corrected chi connectivity index (χ4v) is 2.62. The smallest absolute Gasteiger partial charge is 0.242 e. The number of pyridine rings is 1. The van der Waals surface area contributed by atoms with Gasteiger partial charge in [0.15, 0.2) is 0 Å². The zero-order chi connectivity index (χ0) is 13.6. The Hall–Kier alpha value is -0.650. The van der Waals surface area contributed by atoms with Crippen molar-refractivity contribution < 1.29 is 8.42 Å². The first-order valence-corrected chi connectivity index (χ1v) is 7.89. The highest BCUT2D eigenvalue weighted by Crippen LogP contribution is 2.11. The van der Waals surface area contributed by atoms with Gasteiger partial charge in [-0.05, 0) is 24.5 Å². The molecule has 0 aromatic carbocycles. The Morgan fingerprint density at radius 2 is 2.06 bits per heavy atom. The van der Waals surface area contributed by atoms with Crippen LogP contribution in [0.15, 0.2) is 23.2 Å². The molecule has 0 fully saturated rings. The zero-order valence-electron chi connectivity index (χ0n) is 10.7. The van der Waals surface area contributed by atoms with Gasteiger partial charge in [-0.15, -0.1) is 0 Å². The molecule has 0 aliphatic carbocycles. The van der Waals surface area contributed by atoms with E-state index in [0.717, 1.165) is 19.3 Å². The van der Waals surface area contributed by atoms with E-state index in [2.05, 4.69) is 23.6 Å². The minimum atomic E-state index is -3.45. The molecule has 0 saturated carbocycles. The van der Waals surface area contributed by atoms with Crippen LogP contribution in [0.25, 0.3) is 0 Å². The van der Waals surface area contributed by atoms with Gasteiger partial charge in [-0.3, -0.25) is 0 Å². The number of nitrogens with one attached hydrogen (secondary N) is 1. The lowest BCUT2D eigenvalue weighted by Gasteiger charge is -2.07. The third-order valence-electron chi connectivity index (χ3n) is 2.51. The molecule has 1 aromatic rings. The topological polar surface area (TPSA) is 59.1 Å². The van der Waals surface area contributed by atoms with Crippen LogP contribution in [-0.2, 0) is 10.0 Å². The van der Waals surface area contributed by atoms with Crippen molar-refractivity contribution in [3.63, 3.8) is 0 Å². The maximum Gasteiger partial charge on any atom is 0.242 e. The Bertz CT molecular complexity index is 457. The van der Waals surface area contributed by atoms with Gasteiger partial charge in [0.2, 0.25) is 10.0 Å². The third-order valence-corrected chi connectivity index (χ3v) is 4.18. The molecule has 0 bridgehead atoms. The summed E-state index contributed by atoms with van der Waals surface area (Å²) >= 11 is 5.61. The molecule has 0 aliphatic heterocycles. The van der Waals surface area contributed by atoms with E-state index in [9.17, 15) is 8.42 Å². The number of sulfonamides is 1. The van der Waals surface area contributed by atoms with Gasteiger partial charge in [-0.1, -0.05) is 38.3 Å². The van der Waals surface area contributed by atoms with E-state index in [1.807, 2.05) is 0 Å². The first-order chi connectivity index (χ1) is 8.42. The van der Waals surface area contributed by atoms with Gasteiger partial charge < -0.3 is 0 Å². The van der Waals surface area contributed by atoms with E-state index in [4.69, 9.17) is 11.6 Å². The predicted molar refractivity (Wildman–Crippen MR) is 73.1 cm³/mol. The number of unbranched alkanes of at least 4 members (excludes halogenated alkanes) is 1. The van der Waals surface area contributed by atoms with Gasteiger partial charge >= 0.3 is 0 Å². The highest BCUT2D eigenvalue weighted by Gasteiger charge is 2.13. The minimum absolute atomic E-state index is 0.149. The van der Waals surface area contributed by atoms with Crippen LogP contribution in [0.5, 0.6) is 0 Å². The molecule has 1 rings (SSSR count). The van der Waals surface area contributed by atoms with Crippen LogP contribution >= 0.6 is 11.6 Å². The number of aromatic nitrogens is 1. The summed E-state index contributed by atoms with van der Waals surface area (Å²) in [6, 6.07) is 2.92. The molecule has 4 nitrogen and oxygen atoms in total. The Morgan fingerprint density at radius 3 is 2.61 bits per heavy atom. The maximum absolute atomic E-state index is 11.8. The van der Waals surface area contributed by atoms with Crippen molar-refractivity contribution in [2.75, 3.05) is 6.54 Å². The summed E-state index contributed by atoms with van der Waals surface area (Å²) in [7, 11) is -3.45. The van der Waals surface area contributed by atoms with Crippen LogP contribution in [0.2, 0.25) is 5.15 Å². The van der Waals surface area contributed by atoms with E-state index in [1.165, 1.54) is 18.3 Å². The van der Waals surface area contributed by atoms with Gasteiger partial charge in [0.1, 0.15) is 10.0 Å². The molecule has 0 atom stereocenters. The second kappa shape index (κ2) is 7.07. The average molecular weight is 291 g/mol. The molecule has 6 heteroatoms. The van der Waals surface area contributed by atoms with E-state index in [1.54, 1.807) is 0 Å². The largest absolute Gasteiger partial charge is 0.243 e. The van der Waals surface area contributed by atoms with Crippen LogP contribution in [0.3, 0.4) is 0 Å². The summed E-state index contributed by atoms with van der Waals surface area (Å²) in [4.78, 5) is 3.91. The summed E-state index contributed by atoms with van der Waals surface area (Å²) < 4.78 is 26.3. The molecule has 1 N–H and O–H groups in total. The Morgan fingerprint density at radius 1 is 1.33 bits per heavy atom. The summed E-state index contributed by atoms with van der Waals surface area (Å²) in [6.07, 6.45) is 4.25. The number of rotatable bonds is 7. The second-order valence-corrected chi connectivity index (χ2v) is 6.76. The van der Waals surface area contributed by atoms with Crippen molar-refractivity contribution in [1.82, 2.24) is 9.71 Å². The standard InChI is InChI=1S/C12H19ClN2O2S/c1-10(2)5-3-4-8-15-18(16,17)11-6-7-12(13)14-9-11/h6-7,9-10,15H,3-5,8H2,1-2H3. The first kappa shape index (κ1) is 15.4. The number of nitrogens with zero attached hydrogens (tertiary/aromatic N) is 1. The van der Waals surface area contributed by atoms with Crippen molar-refractivity contribution in [3.05, 3.63) is 23.5 Å². The summed E-state index contributed by atoms with van der Waals surface area (Å²) in [5.41, 5.74) is 0. The highest BCUT2D eigenvalue weighted by atomic mass is 35.5. The fraction of sp³-hybridized carbons (Fsp3) is 0.583. The van der Waals surface area contributed by atoms with Gasteiger partial charge in [0.25, 0.3) is 0 Å². The summed E-state index contributed by atoms with van der Waals surface area (Å²) in [5.74, 6) is 0.655. The molecule has 1 aromatic heterocycles. The van der Waals surface area contributed by atoms with Crippen LogP contribution in [0.4, 0.5) is 0 Å². The fourth-order valence-electron chi connectivity index (χ4n) is 1.49. The van der Waals surface area contributed by atoms with Crippen LogP contribution < -0.4 is 4.72 Å². The molecule has 0 spiro atoms. The van der Waals surface area contributed by atoms with Crippen LogP contribution in [-0.4, -0.2) is 19.9 Å². The molecule has 18 heavy (non-hydrogen) atoms. The van der Waals surface area contributed by atoms with Crippen molar-refractivity contribution in [3.8, 4) is 0 Å². The SMILES string of the molecule is CC(C)CCCCNS(=O)(=O)c1ccc(Cl)nc1. The monoisotopic (exact) mass is 290 g/mol. The molecule has 0 radical (unpaired) electrons. The quantitative estimate of drug-likeness (QED) is 0.620.